The van der Waals surface area contributed by atoms with Gasteiger partial charge in [-0.3, -0.25) is 0 Å². The predicted molar refractivity (Wildman–Crippen MR) is 57.4 cm³/mol. The smallest absolute Gasteiger partial charge is 0.0681 e. The van der Waals surface area contributed by atoms with Gasteiger partial charge in [0, 0.05) is 31.9 Å². The Morgan fingerprint density at radius 3 is 2.36 bits per heavy atom. The highest BCUT2D eigenvalue weighted by atomic mass is 16.3. The van der Waals surface area contributed by atoms with E-state index >= 15 is 0 Å². The first-order valence-electron chi connectivity index (χ1n) is 5.05. The van der Waals surface area contributed by atoms with Crippen LogP contribution in [0.15, 0.2) is 24.3 Å². The minimum absolute atomic E-state index is 0.127. The number of benzene rings is 1. The van der Waals surface area contributed by atoms with Gasteiger partial charge in [0.2, 0.25) is 0 Å². The van der Waals surface area contributed by atoms with Crippen LogP contribution in [0.3, 0.4) is 0 Å². The normalized spacial score (nSPS) is 17.1. The lowest BCUT2D eigenvalue weighted by atomic mass is 10.2. The van der Waals surface area contributed by atoms with Crippen molar-refractivity contribution in [2.24, 2.45) is 0 Å². The number of anilines is 1. The average molecular weight is 192 g/mol. The van der Waals surface area contributed by atoms with E-state index in [2.05, 4.69) is 22.3 Å². The molecule has 3 heteroatoms. The van der Waals surface area contributed by atoms with Gasteiger partial charge >= 0.3 is 0 Å². The number of nitrogens with one attached hydrogen (secondary N) is 1. The van der Waals surface area contributed by atoms with Crippen LogP contribution >= 0.6 is 0 Å². The molecule has 1 aliphatic rings. The molecule has 0 saturated carbocycles. The number of hydrogen-bond acceptors (Lipinski definition) is 3. The largest absolute Gasteiger partial charge is 0.392 e. The molecule has 0 unspecified atom stereocenters. The number of aliphatic hydroxyl groups excluding tert-OH is 1. The molecule has 1 saturated heterocycles. The minimum Gasteiger partial charge on any atom is -0.392 e. The Labute approximate surface area is 84.4 Å². The molecular weight excluding hydrogens is 176 g/mol. The predicted octanol–water partition coefficient (Wildman–Crippen LogP) is 0.588. The van der Waals surface area contributed by atoms with Crippen molar-refractivity contribution in [2.75, 3.05) is 31.1 Å². The van der Waals surface area contributed by atoms with E-state index in [4.69, 9.17) is 5.11 Å². The standard InChI is InChI=1S/C11H16N2O/c14-9-10-1-3-11(4-2-10)13-7-5-12-6-8-13/h1-4,12,14H,5-9H2. The van der Waals surface area contributed by atoms with E-state index in [0.717, 1.165) is 31.7 Å². The average Bonchev–Trinajstić information content (AvgIpc) is 2.30. The van der Waals surface area contributed by atoms with E-state index in [0.29, 0.717) is 0 Å². The van der Waals surface area contributed by atoms with Crippen LogP contribution in [0.5, 0.6) is 0 Å². The summed E-state index contributed by atoms with van der Waals surface area (Å²) in [4.78, 5) is 2.36. The van der Waals surface area contributed by atoms with E-state index < -0.39 is 0 Å². The van der Waals surface area contributed by atoms with Crippen LogP contribution in [-0.4, -0.2) is 31.3 Å². The maximum atomic E-state index is 8.92. The highest BCUT2D eigenvalue weighted by molar-refractivity contribution is 5.47. The summed E-state index contributed by atoms with van der Waals surface area (Å²) >= 11 is 0. The third-order valence-corrected chi connectivity index (χ3v) is 2.60. The molecule has 2 rings (SSSR count). The first-order chi connectivity index (χ1) is 6.90. The zero-order chi connectivity index (χ0) is 9.80. The molecule has 1 aliphatic heterocycles. The summed E-state index contributed by atoms with van der Waals surface area (Å²) in [6.07, 6.45) is 0. The van der Waals surface area contributed by atoms with Gasteiger partial charge in [0.05, 0.1) is 6.61 Å². The zero-order valence-electron chi connectivity index (χ0n) is 8.24. The Morgan fingerprint density at radius 2 is 1.79 bits per heavy atom. The molecule has 1 aromatic carbocycles. The lowest BCUT2D eigenvalue weighted by Crippen LogP contribution is -2.43. The van der Waals surface area contributed by atoms with Gasteiger partial charge < -0.3 is 15.3 Å². The third-order valence-electron chi connectivity index (χ3n) is 2.60. The second kappa shape index (κ2) is 4.44. The van der Waals surface area contributed by atoms with Gasteiger partial charge in [0.15, 0.2) is 0 Å². The van der Waals surface area contributed by atoms with Crippen LogP contribution in [0, 0.1) is 0 Å². The second-order valence-corrected chi connectivity index (χ2v) is 3.56. The summed E-state index contributed by atoms with van der Waals surface area (Å²) in [7, 11) is 0. The van der Waals surface area contributed by atoms with Crippen molar-refractivity contribution in [1.82, 2.24) is 5.32 Å². The molecule has 1 aromatic rings. The van der Waals surface area contributed by atoms with E-state index in [1.165, 1.54) is 5.69 Å². The van der Waals surface area contributed by atoms with Gasteiger partial charge in [-0.1, -0.05) is 12.1 Å². The topological polar surface area (TPSA) is 35.5 Å². The summed E-state index contributed by atoms with van der Waals surface area (Å²) in [5, 5.41) is 12.2. The van der Waals surface area contributed by atoms with Crippen molar-refractivity contribution in [3.05, 3.63) is 29.8 Å². The van der Waals surface area contributed by atoms with Crippen LogP contribution in [0.4, 0.5) is 5.69 Å². The number of rotatable bonds is 2. The van der Waals surface area contributed by atoms with Gasteiger partial charge in [-0.25, -0.2) is 0 Å². The van der Waals surface area contributed by atoms with E-state index in [-0.39, 0.29) is 6.61 Å². The van der Waals surface area contributed by atoms with Crippen LogP contribution in [0.25, 0.3) is 0 Å². The maximum Gasteiger partial charge on any atom is 0.0681 e. The fraction of sp³-hybridized carbons (Fsp3) is 0.455. The molecule has 14 heavy (non-hydrogen) atoms. The van der Waals surface area contributed by atoms with Crippen molar-refractivity contribution in [2.45, 2.75) is 6.61 Å². The Morgan fingerprint density at radius 1 is 1.14 bits per heavy atom. The minimum atomic E-state index is 0.127. The van der Waals surface area contributed by atoms with Gasteiger partial charge in [0.1, 0.15) is 0 Å². The Bertz CT molecular complexity index is 278. The summed E-state index contributed by atoms with van der Waals surface area (Å²) in [6.45, 7) is 4.38. The maximum absolute atomic E-state index is 8.92. The van der Waals surface area contributed by atoms with Crippen LogP contribution in [0.1, 0.15) is 5.56 Å². The van der Waals surface area contributed by atoms with E-state index in [9.17, 15) is 0 Å². The van der Waals surface area contributed by atoms with Crippen LogP contribution in [0.2, 0.25) is 0 Å². The van der Waals surface area contributed by atoms with Crippen molar-refractivity contribution < 1.29 is 5.11 Å². The number of aliphatic hydroxyl groups is 1. The van der Waals surface area contributed by atoms with Gasteiger partial charge in [-0.15, -0.1) is 0 Å². The summed E-state index contributed by atoms with van der Waals surface area (Å²) in [5.74, 6) is 0. The van der Waals surface area contributed by atoms with Crippen molar-refractivity contribution in [3.8, 4) is 0 Å². The Balaban J connectivity index is 2.07. The van der Waals surface area contributed by atoms with E-state index in [1.54, 1.807) is 0 Å². The fourth-order valence-corrected chi connectivity index (χ4v) is 1.74. The first kappa shape index (κ1) is 9.49. The Kier molecular flexibility index (Phi) is 3.01. The molecule has 0 radical (unpaired) electrons. The molecule has 0 atom stereocenters. The van der Waals surface area contributed by atoms with Crippen molar-refractivity contribution in [1.29, 1.82) is 0 Å². The van der Waals surface area contributed by atoms with Crippen molar-refractivity contribution in [3.63, 3.8) is 0 Å². The van der Waals surface area contributed by atoms with Crippen LogP contribution in [-0.2, 0) is 6.61 Å². The number of nitrogens with zero attached hydrogens (tertiary/aromatic N) is 1. The second-order valence-electron chi connectivity index (χ2n) is 3.56. The summed E-state index contributed by atoms with van der Waals surface area (Å²) in [5.41, 5.74) is 2.23. The lowest BCUT2D eigenvalue weighted by molar-refractivity contribution is 0.282. The van der Waals surface area contributed by atoms with Crippen LogP contribution < -0.4 is 10.2 Å². The number of piperazine rings is 1. The quantitative estimate of drug-likeness (QED) is 0.720. The van der Waals surface area contributed by atoms with E-state index in [1.807, 2.05) is 12.1 Å². The molecule has 1 fully saturated rings. The third kappa shape index (κ3) is 2.05. The van der Waals surface area contributed by atoms with Gasteiger partial charge in [0.25, 0.3) is 0 Å². The zero-order valence-corrected chi connectivity index (χ0v) is 8.24. The van der Waals surface area contributed by atoms with Gasteiger partial charge in [-0.05, 0) is 17.7 Å². The SMILES string of the molecule is OCc1ccc(N2CCNCC2)cc1. The monoisotopic (exact) mass is 192 g/mol. The molecule has 1 heterocycles. The molecule has 0 aromatic heterocycles. The molecule has 0 aliphatic carbocycles. The molecule has 0 spiro atoms. The molecule has 0 bridgehead atoms. The van der Waals surface area contributed by atoms with Crippen molar-refractivity contribution >= 4 is 5.69 Å². The molecule has 2 N–H and O–H groups in total. The molecule has 3 nitrogen and oxygen atoms in total. The summed E-state index contributed by atoms with van der Waals surface area (Å²) < 4.78 is 0. The summed E-state index contributed by atoms with van der Waals surface area (Å²) in [6, 6.07) is 8.13. The number of hydrogen-bond donors (Lipinski definition) is 2. The lowest BCUT2D eigenvalue weighted by Gasteiger charge is -2.29. The highest BCUT2D eigenvalue weighted by Gasteiger charge is 2.09. The molecular formula is C11H16N2O. The fourth-order valence-electron chi connectivity index (χ4n) is 1.74. The van der Waals surface area contributed by atoms with Gasteiger partial charge in [-0.2, -0.15) is 0 Å². The Hall–Kier alpha value is -1.06. The first-order valence-corrected chi connectivity index (χ1v) is 5.05. The molecule has 0 amide bonds. The molecule has 76 valence electrons. The highest BCUT2D eigenvalue weighted by Crippen LogP contribution is 2.15.